The lowest BCUT2D eigenvalue weighted by atomic mass is 9.90. The molecule has 5 rings (SSSR count). The van der Waals surface area contributed by atoms with Crippen LogP contribution in [0.1, 0.15) is 61.1 Å². The van der Waals surface area contributed by atoms with Gasteiger partial charge >= 0.3 is 5.97 Å². The fraction of sp³-hybridized carbons (Fsp3) is 0.359. The SMILES string of the molecule is CC(=O)O[C@@H](C)C(=O)NCc1cccc(-c2cccc([C@H]3O[C@@H](CN(C)CCc4ccccn4)[C@@H](C)[C@@H](c4ccc(CO)cc4)O3)c2)c1. The minimum absolute atomic E-state index is 0.00937. The Labute approximate surface area is 282 Å². The van der Waals surface area contributed by atoms with Crippen LogP contribution in [0.3, 0.4) is 0 Å². The number of aliphatic hydroxyl groups is 1. The smallest absolute Gasteiger partial charge is 0.303 e. The van der Waals surface area contributed by atoms with Gasteiger partial charge in [-0.05, 0) is 66.1 Å². The summed E-state index contributed by atoms with van der Waals surface area (Å²) in [5, 5.41) is 12.4. The van der Waals surface area contributed by atoms with Crippen molar-refractivity contribution >= 4 is 11.9 Å². The second kappa shape index (κ2) is 16.6. The van der Waals surface area contributed by atoms with Crippen LogP contribution in [-0.2, 0) is 43.4 Å². The van der Waals surface area contributed by atoms with E-state index < -0.39 is 18.4 Å². The van der Waals surface area contributed by atoms with Crippen molar-refractivity contribution in [3.05, 3.63) is 125 Å². The molecule has 4 aromatic rings. The Hall–Kier alpha value is -4.41. The molecule has 9 heteroatoms. The Morgan fingerprint density at radius 3 is 2.40 bits per heavy atom. The number of benzene rings is 3. The summed E-state index contributed by atoms with van der Waals surface area (Å²) in [6.07, 6.45) is 0.901. The van der Waals surface area contributed by atoms with E-state index in [2.05, 4.69) is 41.3 Å². The normalized spacial score (nSPS) is 19.9. The highest BCUT2D eigenvalue weighted by Crippen LogP contribution is 2.42. The van der Waals surface area contributed by atoms with Crippen molar-refractivity contribution in [2.24, 2.45) is 5.92 Å². The first-order valence-electron chi connectivity index (χ1n) is 16.4. The number of ether oxygens (including phenoxy) is 3. The zero-order chi connectivity index (χ0) is 34.0. The highest BCUT2D eigenvalue weighted by Gasteiger charge is 2.39. The number of nitrogens with one attached hydrogen (secondary N) is 1. The van der Waals surface area contributed by atoms with Gasteiger partial charge in [-0.2, -0.15) is 0 Å². The third-order valence-electron chi connectivity index (χ3n) is 8.69. The van der Waals surface area contributed by atoms with E-state index in [-0.39, 0.29) is 30.6 Å². The van der Waals surface area contributed by atoms with Crippen molar-refractivity contribution in [2.75, 3.05) is 20.1 Å². The van der Waals surface area contributed by atoms with Crippen molar-refractivity contribution < 1.29 is 28.9 Å². The van der Waals surface area contributed by atoms with Gasteiger partial charge in [0.2, 0.25) is 0 Å². The van der Waals surface area contributed by atoms with Crippen LogP contribution in [0.5, 0.6) is 0 Å². The molecule has 1 fully saturated rings. The van der Waals surface area contributed by atoms with Gasteiger partial charge in [0.1, 0.15) is 0 Å². The molecular formula is C39H45N3O6. The molecule has 1 amide bonds. The maximum atomic E-state index is 12.4. The third kappa shape index (κ3) is 9.35. The van der Waals surface area contributed by atoms with Gasteiger partial charge in [-0.1, -0.05) is 73.7 Å². The number of hydrogen-bond donors (Lipinski definition) is 2. The number of aromatic nitrogens is 1. The first-order valence-corrected chi connectivity index (χ1v) is 16.4. The second-order valence-electron chi connectivity index (χ2n) is 12.5. The molecule has 48 heavy (non-hydrogen) atoms. The van der Waals surface area contributed by atoms with Crippen molar-refractivity contribution in [3.63, 3.8) is 0 Å². The highest BCUT2D eigenvalue weighted by atomic mass is 16.7. The predicted molar refractivity (Wildman–Crippen MR) is 183 cm³/mol. The largest absolute Gasteiger partial charge is 0.453 e. The summed E-state index contributed by atoms with van der Waals surface area (Å²) < 4.78 is 18.4. The lowest BCUT2D eigenvalue weighted by Gasteiger charge is -2.42. The maximum Gasteiger partial charge on any atom is 0.303 e. The lowest BCUT2D eigenvalue weighted by Crippen LogP contribution is -2.43. The molecule has 0 aliphatic carbocycles. The average molecular weight is 652 g/mol. The number of hydrogen-bond acceptors (Lipinski definition) is 8. The number of esters is 1. The van der Waals surface area contributed by atoms with Crippen molar-refractivity contribution in [1.29, 1.82) is 0 Å². The molecule has 1 aliphatic rings. The molecule has 0 radical (unpaired) electrons. The summed E-state index contributed by atoms with van der Waals surface area (Å²) in [5.41, 5.74) is 6.77. The van der Waals surface area contributed by atoms with Crippen LogP contribution in [-0.4, -0.2) is 59.2 Å². The second-order valence-corrected chi connectivity index (χ2v) is 12.5. The maximum absolute atomic E-state index is 12.4. The van der Waals surface area contributed by atoms with E-state index >= 15 is 0 Å². The minimum Gasteiger partial charge on any atom is -0.453 e. The summed E-state index contributed by atoms with van der Waals surface area (Å²) in [6, 6.07) is 30.1. The number of carbonyl (C=O) groups is 2. The quantitative estimate of drug-likeness (QED) is 0.175. The van der Waals surface area contributed by atoms with Crippen LogP contribution in [0.4, 0.5) is 0 Å². The van der Waals surface area contributed by atoms with Gasteiger partial charge in [0, 0.05) is 56.4 Å². The zero-order valence-corrected chi connectivity index (χ0v) is 28.0. The molecule has 9 nitrogen and oxygen atoms in total. The number of carbonyl (C=O) groups excluding carboxylic acids is 2. The number of nitrogens with zero attached hydrogens (tertiary/aromatic N) is 2. The van der Waals surface area contributed by atoms with E-state index in [1.54, 1.807) is 6.92 Å². The number of likely N-dealkylation sites (N-methyl/N-ethyl adjacent to an activating group) is 1. The molecule has 3 aromatic carbocycles. The fourth-order valence-corrected chi connectivity index (χ4v) is 5.94. The Balaban J connectivity index is 1.34. The monoisotopic (exact) mass is 651 g/mol. The topological polar surface area (TPSA) is 110 Å². The van der Waals surface area contributed by atoms with E-state index in [0.717, 1.165) is 58.6 Å². The van der Waals surface area contributed by atoms with Gasteiger partial charge in [-0.15, -0.1) is 0 Å². The number of rotatable bonds is 13. The fourth-order valence-electron chi connectivity index (χ4n) is 5.94. The Morgan fingerprint density at radius 2 is 1.69 bits per heavy atom. The molecule has 0 spiro atoms. The van der Waals surface area contributed by atoms with Crippen molar-refractivity contribution in [3.8, 4) is 11.1 Å². The summed E-state index contributed by atoms with van der Waals surface area (Å²) in [7, 11) is 2.11. The molecular weight excluding hydrogens is 606 g/mol. The van der Waals surface area contributed by atoms with Gasteiger partial charge in [0.15, 0.2) is 12.4 Å². The molecule has 2 heterocycles. The van der Waals surface area contributed by atoms with Crippen LogP contribution in [0, 0.1) is 5.92 Å². The summed E-state index contributed by atoms with van der Waals surface area (Å²) >= 11 is 0. The first-order chi connectivity index (χ1) is 23.2. The van der Waals surface area contributed by atoms with Crippen LogP contribution >= 0.6 is 0 Å². The van der Waals surface area contributed by atoms with E-state index in [9.17, 15) is 14.7 Å². The number of amides is 1. The zero-order valence-electron chi connectivity index (χ0n) is 28.0. The summed E-state index contributed by atoms with van der Waals surface area (Å²) in [4.78, 5) is 30.3. The lowest BCUT2D eigenvalue weighted by molar-refractivity contribution is -0.275. The standard InChI is InChI=1S/C39H45N3O6/c1-26-36(24-42(4)20-18-35-13-5-6-19-40-35)47-39(48-37(26)31-16-14-29(25-43)15-17-31)34-12-8-11-33(22-34)32-10-7-9-30(21-32)23-41-38(45)27(2)46-28(3)44/h5-17,19,21-22,26-27,36-37,39,43H,18,20,23-25H2,1-4H3,(H,41,45)/t26-,27+,36+,37+,39+/m1/s1. The van der Waals surface area contributed by atoms with Crippen molar-refractivity contribution in [2.45, 2.75) is 64.9 Å². The molecule has 1 aromatic heterocycles. The van der Waals surface area contributed by atoms with Crippen LogP contribution in [0.2, 0.25) is 0 Å². The van der Waals surface area contributed by atoms with Gasteiger partial charge in [-0.3, -0.25) is 14.6 Å². The molecule has 0 saturated carbocycles. The number of pyridine rings is 1. The summed E-state index contributed by atoms with van der Waals surface area (Å²) in [5.74, 6) is -0.780. The van der Waals surface area contributed by atoms with Crippen molar-refractivity contribution in [1.82, 2.24) is 15.2 Å². The number of aliphatic hydroxyl groups excluding tert-OH is 1. The average Bonchev–Trinajstić information content (AvgIpc) is 3.11. The van der Waals surface area contributed by atoms with Crippen LogP contribution in [0.15, 0.2) is 97.2 Å². The minimum atomic E-state index is -0.860. The summed E-state index contributed by atoms with van der Waals surface area (Å²) in [6.45, 7) is 6.87. The van der Waals surface area contributed by atoms with E-state index in [4.69, 9.17) is 14.2 Å². The van der Waals surface area contributed by atoms with Crippen LogP contribution in [0.25, 0.3) is 11.1 Å². The molecule has 5 atom stereocenters. The van der Waals surface area contributed by atoms with Crippen LogP contribution < -0.4 is 5.32 Å². The Bertz CT molecular complexity index is 1650. The van der Waals surface area contributed by atoms with E-state index in [1.807, 2.05) is 85.1 Å². The van der Waals surface area contributed by atoms with E-state index in [0.29, 0.717) is 6.54 Å². The highest BCUT2D eigenvalue weighted by molar-refractivity contribution is 5.82. The molecule has 252 valence electrons. The predicted octanol–water partition coefficient (Wildman–Crippen LogP) is 5.77. The Morgan fingerprint density at radius 1 is 0.938 bits per heavy atom. The molecule has 2 N–H and O–H groups in total. The molecule has 1 aliphatic heterocycles. The first kappa shape index (κ1) is 34.9. The Kier molecular flexibility index (Phi) is 12.1. The molecule has 0 unspecified atom stereocenters. The third-order valence-corrected chi connectivity index (χ3v) is 8.69. The van der Waals surface area contributed by atoms with Gasteiger partial charge < -0.3 is 29.5 Å². The molecule has 0 bridgehead atoms. The van der Waals surface area contributed by atoms with E-state index in [1.165, 1.54) is 6.92 Å². The van der Waals surface area contributed by atoms with Gasteiger partial charge in [0.05, 0.1) is 18.8 Å². The molecule has 1 saturated heterocycles. The van der Waals surface area contributed by atoms with Gasteiger partial charge in [-0.25, -0.2) is 0 Å². The van der Waals surface area contributed by atoms with Gasteiger partial charge in [0.25, 0.3) is 5.91 Å².